The van der Waals surface area contributed by atoms with Gasteiger partial charge in [0.25, 0.3) is 0 Å². The predicted molar refractivity (Wildman–Crippen MR) is 144 cm³/mol. The van der Waals surface area contributed by atoms with Gasteiger partial charge in [-0.05, 0) is 93.1 Å². The van der Waals surface area contributed by atoms with Gasteiger partial charge in [0, 0.05) is 44.6 Å². The number of hydrogen-bond donors (Lipinski definition) is 1. The van der Waals surface area contributed by atoms with Gasteiger partial charge in [-0.2, -0.15) is 0 Å². The maximum Gasteiger partial charge on any atom is 0.174 e. The van der Waals surface area contributed by atoms with Crippen molar-refractivity contribution in [1.82, 2.24) is 14.9 Å². The summed E-state index contributed by atoms with van der Waals surface area (Å²) in [6, 6.07) is 21.5. The third-order valence-corrected chi connectivity index (χ3v) is 7.37. The molecule has 172 valence electrons. The molecule has 0 aliphatic carbocycles. The summed E-state index contributed by atoms with van der Waals surface area (Å²) >= 11 is 18.4. The van der Waals surface area contributed by atoms with E-state index in [2.05, 4.69) is 46.6 Å². The summed E-state index contributed by atoms with van der Waals surface area (Å²) in [5.74, 6) is 0. The van der Waals surface area contributed by atoms with E-state index in [-0.39, 0.29) is 12.1 Å². The van der Waals surface area contributed by atoms with E-state index in [4.69, 9.17) is 35.4 Å². The van der Waals surface area contributed by atoms with Crippen molar-refractivity contribution in [2.24, 2.45) is 0 Å². The lowest BCUT2D eigenvalue weighted by atomic mass is 9.93. The molecule has 2 aromatic heterocycles. The van der Waals surface area contributed by atoms with E-state index in [9.17, 15) is 0 Å². The largest absolute Gasteiger partial charge is 0.351 e. The fourth-order valence-electron chi connectivity index (χ4n) is 4.97. The Bertz CT molecular complexity index is 1370. The number of aromatic nitrogens is 2. The molecule has 2 aromatic carbocycles. The Balaban J connectivity index is 1.73. The second-order valence-electron chi connectivity index (χ2n) is 8.50. The van der Waals surface area contributed by atoms with Gasteiger partial charge in [-0.1, -0.05) is 35.3 Å². The molecule has 1 N–H and O–H groups in total. The normalized spacial score (nSPS) is 17.8. The van der Waals surface area contributed by atoms with E-state index in [1.807, 2.05) is 66.9 Å². The molecule has 0 saturated carbocycles. The summed E-state index contributed by atoms with van der Waals surface area (Å²) in [7, 11) is 0. The first-order valence-corrected chi connectivity index (χ1v) is 12.2. The number of thiocarbonyl (C=S) groups is 1. The van der Waals surface area contributed by atoms with E-state index in [1.165, 1.54) is 16.8 Å². The topological polar surface area (TPSA) is 33.1 Å². The van der Waals surface area contributed by atoms with Crippen LogP contribution in [0.1, 0.15) is 40.3 Å². The summed E-state index contributed by atoms with van der Waals surface area (Å²) in [6.07, 6.45) is 1.82. The summed E-state index contributed by atoms with van der Waals surface area (Å²) in [6.45, 7) is 6.48. The minimum absolute atomic E-state index is 0.0947. The van der Waals surface area contributed by atoms with Crippen LogP contribution in [-0.2, 0) is 0 Å². The third-order valence-electron chi connectivity index (χ3n) is 6.57. The van der Waals surface area contributed by atoms with E-state index in [0.29, 0.717) is 15.2 Å². The van der Waals surface area contributed by atoms with Crippen molar-refractivity contribution in [2.45, 2.75) is 32.9 Å². The molecule has 4 nitrogen and oxygen atoms in total. The van der Waals surface area contributed by atoms with Gasteiger partial charge in [0.1, 0.15) is 0 Å². The lowest BCUT2D eigenvalue weighted by molar-refractivity contribution is 0.563. The molecule has 0 bridgehead atoms. The number of benzene rings is 2. The second-order valence-corrected chi connectivity index (χ2v) is 9.76. The van der Waals surface area contributed by atoms with Crippen LogP contribution < -0.4 is 10.2 Å². The summed E-state index contributed by atoms with van der Waals surface area (Å²) < 4.78 is 2.27. The summed E-state index contributed by atoms with van der Waals surface area (Å²) in [4.78, 5) is 6.86. The number of halogens is 2. The van der Waals surface area contributed by atoms with Crippen LogP contribution in [0.2, 0.25) is 10.0 Å². The zero-order chi connectivity index (χ0) is 24.0. The highest BCUT2D eigenvalue weighted by Gasteiger charge is 2.43. The van der Waals surface area contributed by atoms with Crippen LogP contribution in [0.25, 0.3) is 5.69 Å². The van der Waals surface area contributed by atoms with Crippen LogP contribution in [-0.4, -0.2) is 14.7 Å². The van der Waals surface area contributed by atoms with Crippen molar-refractivity contribution >= 4 is 46.2 Å². The Hall–Kier alpha value is -2.86. The maximum atomic E-state index is 6.34. The number of pyridine rings is 1. The molecule has 0 amide bonds. The van der Waals surface area contributed by atoms with Crippen molar-refractivity contribution < 1.29 is 0 Å². The molecule has 5 rings (SSSR count). The molecule has 7 heteroatoms. The van der Waals surface area contributed by atoms with Crippen LogP contribution >= 0.6 is 35.4 Å². The molecule has 0 radical (unpaired) electrons. The summed E-state index contributed by atoms with van der Waals surface area (Å²) in [5, 5.41) is 5.61. The summed E-state index contributed by atoms with van der Waals surface area (Å²) in [5.41, 5.74) is 7.72. The maximum absolute atomic E-state index is 6.34. The average molecular weight is 507 g/mol. The monoisotopic (exact) mass is 506 g/mol. The highest BCUT2D eigenvalue weighted by atomic mass is 35.5. The predicted octanol–water partition coefficient (Wildman–Crippen LogP) is 7.28. The van der Waals surface area contributed by atoms with Gasteiger partial charge in [0.2, 0.25) is 0 Å². The highest BCUT2D eigenvalue weighted by Crippen LogP contribution is 2.45. The van der Waals surface area contributed by atoms with E-state index in [0.717, 1.165) is 22.8 Å². The standard InChI is InChI=1S/C27H24Cl2N4S/c1-16-17(2)32(22-8-6-7-20(29)15-22)18(3)24(16)26-25(23-9-4-5-14-30-23)31-27(34)33(26)21-12-10-19(28)11-13-21/h4-15,25-26H,1-3H3,(H,31,34)/t25-,26-/m0/s1. The number of hydrogen-bond acceptors (Lipinski definition) is 2. The van der Waals surface area contributed by atoms with Crippen LogP contribution in [0.3, 0.4) is 0 Å². The first kappa shape index (κ1) is 22.9. The van der Waals surface area contributed by atoms with Crippen molar-refractivity contribution in [3.63, 3.8) is 0 Å². The van der Waals surface area contributed by atoms with Crippen molar-refractivity contribution in [3.8, 4) is 5.69 Å². The third kappa shape index (κ3) is 3.88. The van der Waals surface area contributed by atoms with Gasteiger partial charge < -0.3 is 14.8 Å². The molecule has 1 aliphatic heterocycles. The van der Waals surface area contributed by atoms with Crippen molar-refractivity contribution in [2.75, 3.05) is 4.90 Å². The Morgan fingerprint density at radius 2 is 1.62 bits per heavy atom. The molecule has 2 atom stereocenters. The highest BCUT2D eigenvalue weighted by molar-refractivity contribution is 7.80. The molecule has 1 saturated heterocycles. The van der Waals surface area contributed by atoms with Gasteiger partial charge >= 0.3 is 0 Å². The Labute approximate surface area is 215 Å². The van der Waals surface area contributed by atoms with Crippen LogP contribution in [0.4, 0.5) is 5.69 Å². The molecule has 0 unspecified atom stereocenters. The Morgan fingerprint density at radius 3 is 2.29 bits per heavy atom. The number of anilines is 1. The molecule has 4 aromatic rings. The smallest absolute Gasteiger partial charge is 0.174 e. The minimum Gasteiger partial charge on any atom is -0.351 e. The molecule has 0 spiro atoms. The van der Waals surface area contributed by atoms with Gasteiger partial charge in [0.05, 0.1) is 17.8 Å². The van der Waals surface area contributed by atoms with E-state index >= 15 is 0 Å². The Kier molecular flexibility index (Phi) is 6.11. The lowest BCUT2D eigenvalue weighted by Gasteiger charge is -2.29. The van der Waals surface area contributed by atoms with Gasteiger partial charge in [-0.15, -0.1) is 0 Å². The minimum atomic E-state index is -0.114. The first-order chi connectivity index (χ1) is 16.4. The molecule has 3 heterocycles. The quantitative estimate of drug-likeness (QED) is 0.294. The SMILES string of the molecule is Cc1c([C@H]2[C@H](c3ccccn3)NC(=S)N2c2ccc(Cl)cc2)c(C)n(-c2cccc(Cl)c2)c1C. The average Bonchev–Trinajstić information content (AvgIpc) is 3.27. The zero-order valence-electron chi connectivity index (χ0n) is 19.1. The first-order valence-electron chi connectivity index (χ1n) is 11.1. The lowest BCUT2D eigenvalue weighted by Crippen LogP contribution is -2.29. The van der Waals surface area contributed by atoms with Crippen LogP contribution in [0.15, 0.2) is 72.9 Å². The number of nitrogens with zero attached hydrogens (tertiary/aromatic N) is 3. The van der Waals surface area contributed by atoms with Gasteiger partial charge in [-0.25, -0.2) is 0 Å². The second kappa shape index (κ2) is 9.06. The van der Waals surface area contributed by atoms with Crippen LogP contribution in [0, 0.1) is 20.8 Å². The van der Waals surface area contributed by atoms with Gasteiger partial charge in [-0.3, -0.25) is 4.98 Å². The molecule has 1 aliphatic rings. The number of nitrogens with one attached hydrogen (secondary N) is 1. The van der Waals surface area contributed by atoms with Crippen LogP contribution in [0.5, 0.6) is 0 Å². The zero-order valence-corrected chi connectivity index (χ0v) is 21.4. The van der Waals surface area contributed by atoms with Gasteiger partial charge in [0.15, 0.2) is 5.11 Å². The fourth-order valence-corrected chi connectivity index (χ4v) is 5.63. The van der Waals surface area contributed by atoms with Crippen molar-refractivity contribution in [1.29, 1.82) is 0 Å². The van der Waals surface area contributed by atoms with E-state index < -0.39 is 0 Å². The number of rotatable bonds is 4. The molecule has 34 heavy (non-hydrogen) atoms. The molecule has 1 fully saturated rings. The Morgan fingerprint density at radius 1 is 0.853 bits per heavy atom. The molecular weight excluding hydrogens is 483 g/mol. The fraction of sp³-hybridized carbons (Fsp3) is 0.185. The molecular formula is C27H24Cl2N4S. The van der Waals surface area contributed by atoms with Crippen molar-refractivity contribution in [3.05, 3.63) is 111 Å². The van der Waals surface area contributed by atoms with E-state index in [1.54, 1.807) is 0 Å².